The fraction of sp³-hybridized carbons (Fsp3) is 1.00. The molecule has 2 heteroatoms. The molecule has 0 radical (unpaired) electrons. The van der Waals surface area contributed by atoms with E-state index in [4.69, 9.17) is 10.8 Å². The van der Waals surface area contributed by atoms with Gasteiger partial charge in [0.1, 0.15) is 0 Å². The van der Waals surface area contributed by atoms with Gasteiger partial charge in [0, 0.05) is 18.1 Å². The van der Waals surface area contributed by atoms with E-state index < -0.39 is 0 Å². The molecule has 0 fully saturated rings. The van der Waals surface area contributed by atoms with Gasteiger partial charge in [-0.2, -0.15) is 0 Å². The molecule has 0 aromatic rings. The van der Waals surface area contributed by atoms with Crippen molar-refractivity contribution in [1.29, 1.82) is 0 Å². The molecule has 0 unspecified atom stereocenters. The smallest absolute Gasteiger partial charge is 0.0497 e. The number of aliphatic hydroxyl groups excluding tert-OH is 1. The molecule has 0 saturated heterocycles. The lowest BCUT2D eigenvalue weighted by Crippen LogP contribution is -2.43. The van der Waals surface area contributed by atoms with E-state index >= 15 is 0 Å². The van der Waals surface area contributed by atoms with E-state index in [9.17, 15) is 0 Å². The second-order valence-corrected chi connectivity index (χ2v) is 3.92. The summed E-state index contributed by atoms with van der Waals surface area (Å²) in [6.45, 7) is 8.27. The van der Waals surface area contributed by atoms with Gasteiger partial charge < -0.3 is 10.8 Å². The highest BCUT2D eigenvalue weighted by Gasteiger charge is 2.27. The molecule has 0 amide bonds. The molecule has 0 aromatic carbocycles. The van der Waals surface area contributed by atoms with Crippen molar-refractivity contribution < 1.29 is 5.11 Å². The van der Waals surface area contributed by atoms with Crippen LogP contribution in [-0.4, -0.2) is 17.8 Å². The minimum absolute atomic E-state index is 0.0810. The maximum absolute atomic E-state index is 8.93. The molecule has 0 saturated carbocycles. The molecule has 2 nitrogen and oxygen atoms in total. The molecule has 0 aliphatic heterocycles. The van der Waals surface area contributed by atoms with Gasteiger partial charge in [-0.05, 0) is 5.92 Å². The Bertz CT molecular complexity index is 99.4. The predicted molar refractivity (Wildman–Crippen MR) is 43.7 cm³/mol. The second kappa shape index (κ2) is 3.35. The van der Waals surface area contributed by atoms with Crippen LogP contribution in [0.5, 0.6) is 0 Å². The fourth-order valence-corrected chi connectivity index (χ4v) is 1.01. The van der Waals surface area contributed by atoms with Crippen LogP contribution in [0.25, 0.3) is 0 Å². The van der Waals surface area contributed by atoms with Crippen LogP contribution in [0.15, 0.2) is 0 Å². The van der Waals surface area contributed by atoms with Gasteiger partial charge in [0.2, 0.25) is 0 Å². The number of nitrogens with two attached hydrogens (primary N) is 1. The lowest BCUT2D eigenvalue weighted by atomic mass is 9.80. The highest BCUT2D eigenvalue weighted by Crippen LogP contribution is 2.22. The van der Waals surface area contributed by atoms with Gasteiger partial charge in [-0.15, -0.1) is 0 Å². The van der Waals surface area contributed by atoms with Crippen LogP contribution in [0.4, 0.5) is 0 Å². The van der Waals surface area contributed by atoms with Crippen molar-refractivity contribution in [2.75, 3.05) is 6.61 Å². The first-order chi connectivity index (χ1) is 4.41. The molecular formula is C8H19NO. The monoisotopic (exact) mass is 145 g/mol. The van der Waals surface area contributed by atoms with Crippen LogP contribution in [0.1, 0.15) is 27.7 Å². The van der Waals surface area contributed by atoms with Gasteiger partial charge in [0.15, 0.2) is 0 Å². The van der Waals surface area contributed by atoms with E-state index in [1.54, 1.807) is 0 Å². The topological polar surface area (TPSA) is 46.2 Å². The average molecular weight is 145 g/mol. The normalized spacial score (nSPS) is 15.9. The Morgan fingerprint density at radius 1 is 1.40 bits per heavy atom. The summed E-state index contributed by atoms with van der Waals surface area (Å²) in [6, 6.07) is 0.0810. The van der Waals surface area contributed by atoms with Crippen molar-refractivity contribution in [1.82, 2.24) is 0 Å². The highest BCUT2D eigenvalue weighted by molar-refractivity contribution is 4.82. The number of rotatable bonds is 3. The van der Waals surface area contributed by atoms with Gasteiger partial charge >= 0.3 is 0 Å². The molecule has 0 aliphatic carbocycles. The molecular weight excluding hydrogens is 126 g/mol. The van der Waals surface area contributed by atoms with Crippen molar-refractivity contribution in [2.24, 2.45) is 17.1 Å². The number of hydrogen-bond acceptors (Lipinski definition) is 2. The minimum atomic E-state index is -0.145. The van der Waals surface area contributed by atoms with E-state index in [1.807, 2.05) is 13.8 Å². The van der Waals surface area contributed by atoms with Crippen molar-refractivity contribution in [3.8, 4) is 0 Å². The maximum Gasteiger partial charge on any atom is 0.0497 e. The van der Waals surface area contributed by atoms with E-state index in [0.717, 1.165) is 0 Å². The van der Waals surface area contributed by atoms with Crippen LogP contribution in [0, 0.1) is 11.3 Å². The summed E-state index contributed by atoms with van der Waals surface area (Å²) in [6.07, 6.45) is 0. The predicted octanol–water partition coefficient (Wildman–Crippen LogP) is 0.988. The molecule has 1 atom stereocenters. The summed E-state index contributed by atoms with van der Waals surface area (Å²) in [4.78, 5) is 0. The molecule has 3 N–H and O–H groups in total. The van der Waals surface area contributed by atoms with Gasteiger partial charge in [-0.1, -0.05) is 27.7 Å². The van der Waals surface area contributed by atoms with Gasteiger partial charge in [0.25, 0.3) is 0 Å². The molecule has 0 aromatic heterocycles. The third kappa shape index (κ3) is 2.27. The Hall–Kier alpha value is -0.0800. The fourth-order valence-electron chi connectivity index (χ4n) is 1.01. The molecule has 0 heterocycles. The molecule has 62 valence electrons. The summed E-state index contributed by atoms with van der Waals surface area (Å²) in [5, 5.41) is 8.93. The Balaban J connectivity index is 4.03. The van der Waals surface area contributed by atoms with Crippen LogP contribution in [0.3, 0.4) is 0 Å². The maximum atomic E-state index is 8.93. The van der Waals surface area contributed by atoms with Crippen LogP contribution in [0.2, 0.25) is 0 Å². The molecule has 0 spiro atoms. The van der Waals surface area contributed by atoms with Crippen molar-refractivity contribution in [3.05, 3.63) is 0 Å². The van der Waals surface area contributed by atoms with E-state index in [1.165, 1.54) is 0 Å². The Kier molecular flexibility index (Phi) is 3.33. The molecule has 10 heavy (non-hydrogen) atoms. The number of hydrogen-bond donors (Lipinski definition) is 2. The van der Waals surface area contributed by atoms with Gasteiger partial charge in [0.05, 0.1) is 0 Å². The Morgan fingerprint density at radius 2 is 1.80 bits per heavy atom. The second-order valence-electron chi connectivity index (χ2n) is 3.92. The van der Waals surface area contributed by atoms with Crippen LogP contribution >= 0.6 is 0 Å². The lowest BCUT2D eigenvalue weighted by molar-refractivity contribution is 0.113. The SMILES string of the molecule is CC(C)[C@@H](N)C(C)(C)CO. The molecule has 0 bridgehead atoms. The zero-order valence-electron chi connectivity index (χ0n) is 7.39. The third-order valence-corrected chi connectivity index (χ3v) is 2.03. The van der Waals surface area contributed by atoms with Crippen molar-refractivity contribution in [2.45, 2.75) is 33.7 Å². The summed E-state index contributed by atoms with van der Waals surface area (Å²) < 4.78 is 0. The lowest BCUT2D eigenvalue weighted by Gasteiger charge is -2.32. The summed E-state index contributed by atoms with van der Waals surface area (Å²) >= 11 is 0. The highest BCUT2D eigenvalue weighted by atomic mass is 16.3. The Morgan fingerprint density at radius 3 is 1.90 bits per heavy atom. The standard InChI is InChI=1S/C8H19NO/c1-6(2)7(9)8(3,4)5-10/h6-7,10H,5,9H2,1-4H3/t7-/m1/s1. The molecule has 0 rings (SSSR count). The van der Waals surface area contributed by atoms with Crippen molar-refractivity contribution >= 4 is 0 Å². The van der Waals surface area contributed by atoms with E-state index in [2.05, 4.69) is 13.8 Å². The largest absolute Gasteiger partial charge is 0.396 e. The molecule has 0 aliphatic rings. The summed E-state index contributed by atoms with van der Waals surface area (Å²) in [7, 11) is 0. The summed E-state index contributed by atoms with van der Waals surface area (Å²) in [5.74, 6) is 0.433. The van der Waals surface area contributed by atoms with Gasteiger partial charge in [-0.3, -0.25) is 0 Å². The first-order valence-corrected chi connectivity index (χ1v) is 3.78. The zero-order chi connectivity index (χ0) is 8.36. The first kappa shape index (κ1) is 9.92. The minimum Gasteiger partial charge on any atom is -0.396 e. The third-order valence-electron chi connectivity index (χ3n) is 2.03. The van der Waals surface area contributed by atoms with E-state index in [-0.39, 0.29) is 18.1 Å². The van der Waals surface area contributed by atoms with Gasteiger partial charge in [-0.25, -0.2) is 0 Å². The summed E-state index contributed by atoms with van der Waals surface area (Å²) in [5.41, 5.74) is 5.70. The van der Waals surface area contributed by atoms with Crippen LogP contribution < -0.4 is 5.73 Å². The number of aliphatic hydroxyl groups is 1. The van der Waals surface area contributed by atoms with E-state index in [0.29, 0.717) is 5.92 Å². The van der Waals surface area contributed by atoms with Crippen LogP contribution in [-0.2, 0) is 0 Å². The van der Waals surface area contributed by atoms with Crippen molar-refractivity contribution in [3.63, 3.8) is 0 Å². The average Bonchev–Trinajstić information content (AvgIpc) is 1.86. The Labute approximate surface area is 63.4 Å². The first-order valence-electron chi connectivity index (χ1n) is 3.78. The zero-order valence-corrected chi connectivity index (χ0v) is 7.39. The quantitative estimate of drug-likeness (QED) is 0.622.